The summed E-state index contributed by atoms with van der Waals surface area (Å²) in [5.74, 6) is -2.66. The molecule has 1 aliphatic rings. The van der Waals surface area contributed by atoms with E-state index in [1.165, 1.54) is 12.1 Å². The van der Waals surface area contributed by atoms with E-state index in [2.05, 4.69) is 10.6 Å². The number of aliphatic carboxylic acids is 1. The molecule has 1 saturated heterocycles. The second-order valence-corrected chi connectivity index (χ2v) is 8.08. The highest BCUT2D eigenvalue weighted by atomic mass is 35.5. The van der Waals surface area contributed by atoms with E-state index in [4.69, 9.17) is 21.4 Å². The summed E-state index contributed by atoms with van der Waals surface area (Å²) in [6.07, 6.45) is -0.586. The molecule has 30 heavy (non-hydrogen) atoms. The first-order valence-electron chi connectivity index (χ1n) is 8.90. The number of morpholine rings is 1. The fraction of sp³-hybridized carbons (Fsp3) is 0.263. The summed E-state index contributed by atoms with van der Waals surface area (Å²) < 4.78 is 5.50. The maximum absolute atomic E-state index is 12.6. The van der Waals surface area contributed by atoms with E-state index in [0.29, 0.717) is 28.9 Å². The van der Waals surface area contributed by atoms with Gasteiger partial charge in [0.1, 0.15) is 12.6 Å². The summed E-state index contributed by atoms with van der Waals surface area (Å²) in [6.45, 7) is 0.894. The first-order valence-corrected chi connectivity index (χ1v) is 10.1. The van der Waals surface area contributed by atoms with Crippen molar-refractivity contribution in [1.82, 2.24) is 5.32 Å². The van der Waals surface area contributed by atoms with Crippen LogP contribution in [0.15, 0.2) is 36.4 Å². The Morgan fingerprint density at radius 3 is 2.53 bits per heavy atom. The highest BCUT2D eigenvalue weighted by Crippen LogP contribution is 2.22. The van der Waals surface area contributed by atoms with E-state index < -0.39 is 30.2 Å². The number of carboxylic acids is 1. The Balaban J connectivity index is 1.66. The predicted octanol–water partition coefficient (Wildman–Crippen LogP) is 1.98. The number of carboxylic acid groups (broad SMARTS) is 1. The van der Waals surface area contributed by atoms with Gasteiger partial charge in [0.15, 0.2) is 0 Å². The Morgan fingerprint density at radius 1 is 1.20 bits per heavy atom. The molecule has 2 heterocycles. The highest BCUT2D eigenvalue weighted by Gasteiger charge is 2.25. The number of nitrogens with zero attached hydrogens (tertiary/aromatic N) is 1. The lowest BCUT2D eigenvalue weighted by molar-refractivity contribution is -0.139. The number of nitrogens with one attached hydrogen (secondary N) is 2. The molecule has 158 valence electrons. The lowest BCUT2D eigenvalue weighted by Crippen LogP contribution is -2.45. The number of carbonyl (C=O) groups is 4. The number of rotatable bonds is 7. The minimum atomic E-state index is -1.28. The molecule has 0 spiro atoms. The van der Waals surface area contributed by atoms with E-state index in [0.717, 1.165) is 11.3 Å². The van der Waals surface area contributed by atoms with Crippen molar-refractivity contribution in [3.05, 3.63) is 45.6 Å². The fourth-order valence-corrected chi connectivity index (χ4v) is 3.74. The second-order valence-electron chi connectivity index (χ2n) is 6.36. The van der Waals surface area contributed by atoms with E-state index in [-0.39, 0.29) is 17.4 Å². The third-order valence-electron chi connectivity index (χ3n) is 4.23. The molecule has 3 N–H and O–H groups in total. The zero-order chi connectivity index (χ0) is 21.7. The first-order chi connectivity index (χ1) is 14.3. The van der Waals surface area contributed by atoms with Gasteiger partial charge in [-0.15, -0.1) is 11.3 Å². The third-order valence-corrected chi connectivity index (χ3v) is 5.46. The lowest BCUT2D eigenvalue weighted by atomic mass is 10.1. The standard InChI is InChI=1S/C19H18ClN3O6S/c20-15-6-5-14(30-15)19(28)22-13(9-17(25)26)18(27)21-11-1-3-12(4-2-11)23-7-8-29-10-16(23)24/h1-6,13H,7-10H2,(H,21,27)(H,22,28)(H,25,26)/t13-/m1/s1. The first kappa shape index (κ1) is 21.8. The number of ether oxygens (including phenoxy) is 1. The van der Waals surface area contributed by atoms with E-state index >= 15 is 0 Å². The Kier molecular flexibility index (Phi) is 7.03. The van der Waals surface area contributed by atoms with Crippen LogP contribution in [0.2, 0.25) is 4.34 Å². The minimum absolute atomic E-state index is 0.0184. The van der Waals surface area contributed by atoms with Gasteiger partial charge in [0.05, 0.1) is 22.2 Å². The summed E-state index contributed by atoms with van der Waals surface area (Å²) in [5.41, 5.74) is 1.06. The molecule has 1 aromatic heterocycles. The zero-order valence-corrected chi connectivity index (χ0v) is 17.2. The van der Waals surface area contributed by atoms with Gasteiger partial charge in [-0.3, -0.25) is 19.2 Å². The number of thiophene rings is 1. The number of carbonyl (C=O) groups excluding carboxylic acids is 3. The van der Waals surface area contributed by atoms with Crippen LogP contribution in [-0.2, 0) is 19.1 Å². The Bertz CT molecular complexity index is 961. The normalized spacial score (nSPS) is 14.8. The Labute approximate surface area is 180 Å². The largest absolute Gasteiger partial charge is 0.481 e. The van der Waals surface area contributed by atoms with Crippen LogP contribution < -0.4 is 15.5 Å². The average Bonchev–Trinajstić information content (AvgIpc) is 3.15. The smallest absolute Gasteiger partial charge is 0.305 e. The van der Waals surface area contributed by atoms with Gasteiger partial charge in [-0.05, 0) is 36.4 Å². The maximum Gasteiger partial charge on any atom is 0.305 e. The fourth-order valence-electron chi connectivity index (χ4n) is 2.79. The lowest BCUT2D eigenvalue weighted by Gasteiger charge is -2.27. The molecule has 0 aliphatic carbocycles. The van der Waals surface area contributed by atoms with Crippen molar-refractivity contribution in [3.8, 4) is 0 Å². The summed E-state index contributed by atoms with van der Waals surface area (Å²) in [5, 5.41) is 14.1. The van der Waals surface area contributed by atoms with E-state index in [1.807, 2.05) is 0 Å². The van der Waals surface area contributed by atoms with Gasteiger partial charge >= 0.3 is 5.97 Å². The van der Waals surface area contributed by atoms with Crippen LogP contribution in [0.1, 0.15) is 16.1 Å². The van der Waals surface area contributed by atoms with Crippen LogP contribution >= 0.6 is 22.9 Å². The van der Waals surface area contributed by atoms with Crippen molar-refractivity contribution >= 4 is 58.0 Å². The molecule has 3 amide bonds. The minimum Gasteiger partial charge on any atom is -0.481 e. The van der Waals surface area contributed by atoms with Crippen LogP contribution in [0.5, 0.6) is 0 Å². The monoisotopic (exact) mass is 451 g/mol. The zero-order valence-electron chi connectivity index (χ0n) is 15.6. The van der Waals surface area contributed by atoms with Gasteiger partial charge in [-0.25, -0.2) is 0 Å². The summed E-state index contributed by atoms with van der Waals surface area (Å²) in [6, 6.07) is 8.26. The molecule has 1 aromatic carbocycles. The number of anilines is 2. The van der Waals surface area contributed by atoms with Gasteiger partial charge < -0.3 is 25.4 Å². The van der Waals surface area contributed by atoms with Crippen LogP contribution in [0.25, 0.3) is 0 Å². The average molecular weight is 452 g/mol. The number of amides is 3. The number of hydrogen-bond donors (Lipinski definition) is 3. The molecule has 9 nitrogen and oxygen atoms in total. The molecule has 1 fully saturated rings. The van der Waals surface area contributed by atoms with Crippen molar-refractivity contribution in [1.29, 1.82) is 0 Å². The molecule has 1 atom stereocenters. The van der Waals surface area contributed by atoms with Crippen molar-refractivity contribution in [3.63, 3.8) is 0 Å². The molecule has 0 unspecified atom stereocenters. The molecule has 2 aromatic rings. The molecule has 0 radical (unpaired) electrons. The van der Waals surface area contributed by atoms with Gasteiger partial charge in [0.2, 0.25) is 5.91 Å². The number of benzene rings is 1. The molecule has 0 bridgehead atoms. The summed E-state index contributed by atoms with van der Waals surface area (Å²) in [4.78, 5) is 49.7. The topological polar surface area (TPSA) is 125 Å². The molecule has 3 rings (SSSR count). The molecule has 1 aliphatic heterocycles. The second kappa shape index (κ2) is 9.70. The highest BCUT2D eigenvalue weighted by molar-refractivity contribution is 7.18. The van der Waals surface area contributed by atoms with Crippen molar-refractivity contribution < 1.29 is 29.0 Å². The molecule has 11 heteroatoms. The predicted molar refractivity (Wildman–Crippen MR) is 111 cm³/mol. The van der Waals surface area contributed by atoms with Crippen LogP contribution in [0.3, 0.4) is 0 Å². The van der Waals surface area contributed by atoms with Crippen molar-refractivity contribution in [2.45, 2.75) is 12.5 Å². The van der Waals surface area contributed by atoms with Gasteiger partial charge in [-0.2, -0.15) is 0 Å². The summed E-state index contributed by atoms with van der Waals surface area (Å²) in [7, 11) is 0. The van der Waals surface area contributed by atoms with E-state index in [1.54, 1.807) is 29.2 Å². The SMILES string of the molecule is O=C(O)C[C@@H](NC(=O)c1ccc(Cl)s1)C(=O)Nc1ccc(N2CCOCC2=O)cc1. The molecular weight excluding hydrogens is 434 g/mol. The summed E-state index contributed by atoms with van der Waals surface area (Å²) >= 11 is 6.83. The number of halogens is 1. The quantitative estimate of drug-likeness (QED) is 0.591. The Hall–Kier alpha value is -2.95. The van der Waals surface area contributed by atoms with Crippen LogP contribution in [0.4, 0.5) is 11.4 Å². The Morgan fingerprint density at radius 2 is 1.93 bits per heavy atom. The maximum atomic E-state index is 12.6. The van der Waals surface area contributed by atoms with Crippen molar-refractivity contribution in [2.75, 3.05) is 30.0 Å². The number of hydrogen-bond acceptors (Lipinski definition) is 6. The third kappa shape index (κ3) is 5.56. The van der Waals surface area contributed by atoms with E-state index in [9.17, 15) is 19.2 Å². The van der Waals surface area contributed by atoms with Crippen LogP contribution in [0, 0.1) is 0 Å². The molecular formula is C19H18ClN3O6S. The molecule has 0 saturated carbocycles. The van der Waals surface area contributed by atoms with Gasteiger partial charge in [-0.1, -0.05) is 11.6 Å². The van der Waals surface area contributed by atoms with Gasteiger partial charge in [0.25, 0.3) is 11.8 Å². The van der Waals surface area contributed by atoms with Crippen molar-refractivity contribution in [2.24, 2.45) is 0 Å². The van der Waals surface area contributed by atoms with Gasteiger partial charge in [0, 0.05) is 17.9 Å². The van der Waals surface area contributed by atoms with Crippen LogP contribution in [-0.4, -0.2) is 54.6 Å².